The third kappa shape index (κ3) is 8.46. The van der Waals surface area contributed by atoms with Crippen LogP contribution in [0.3, 0.4) is 0 Å². The second kappa shape index (κ2) is 14.0. The number of hydrogen-bond acceptors (Lipinski definition) is 7. The van der Waals surface area contributed by atoms with Gasteiger partial charge in [0.05, 0.1) is 18.4 Å². The summed E-state index contributed by atoms with van der Waals surface area (Å²) >= 11 is 0. The van der Waals surface area contributed by atoms with Crippen molar-refractivity contribution >= 4 is 18.1 Å². The lowest BCUT2D eigenvalue weighted by atomic mass is 10.2. The predicted molar refractivity (Wildman–Crippen MR) is 147 cm³/mol. The number of amides is 1. The van der Waals surface area contributed by atoms with Gasteiger partial charge < -0.3 is 18.9 Å². The normalized spacial score (nSPS) is 10.6. The Balaban J connectivity index is 1.25. The van der Waals surface area contributed by atoms with Crippen LogP contribution in [0.25, 0.3) is 0 Å². The van der Waals surface area contributed by atoms with Crippen LogP contribution in [0.2, 0.25) is 0 Å². The minimum Gasteiger partial charge on any atom is -0.490 e. The highest BCUT2D eigenvalue weighted by atomic mass is 16.6. The van der Waals surface area contributed by atoms with Crippen LogP contribution in [0.5, 0.6) is 23.0 Å². The molecule has 0 saturated heterocycles. The number of carbonyl (C=O) groups is 2. The third-order valence-electron chi connectivity index (χ3n) is 5.32. The van der Waals surface area contributed by atoms with Crippen molar-refractivity contribution in [1.82, 2.24) is 5.43 Å². The van der Waals surface area contributed by atoms with E-state index < -0.39 is 11.9 Å². The summed E-state index contributed by atoms with van der Waals surface area (Å²) in [4.78, 5) is 24.6. The van der Waals surface area contributed by atoms with Crippen molar-refractivity contribution in [3.63, 3.8) is 0 Å². The molecular formula is C31H28N2O6. The molecule has 0 fully saturated rings. The molecule has 0 saturated carbocycles. The van der Waals surface area contributed by atoms with Crippen LogP contribution in [-0.2, 0) is 11.4 Å². The minimum atomic E-state index is -0.486. The maximum absolute atomic E-state index is 12.4. The molecule has 1 N–H and O–H groups in total. The molecular weight excluding hydrogens is 496 g/mol. The molecule has 1 amide bonds. The molecule has 0 bridgehead atoms. The molecule has 0 aliphatic rings. The molecule has 0 radical (unpaired) electrons. The monoisotopic (exact) mass is 524 g/mol. The second-order valence-corrected chi connectivity index (χ2v) is 8.22. The van der Waals surface area contributed by atoms with Gasteiger partial charge in [-0.2, -0.15) is 5.10 Å². The Morgan fingerprint density at radius 1 is 0.769 bits per heavy atom. The van der Waals surface area contributed by atoms with Crippen molar-refractivity contribution in [2.24, 2.45) is 5.10 Å². The number of hydrazone groups is 1. The number of nitrogens with zero attached hydrogens (tertiary/aromatic N) is 1. The maximum atomic E-state index is 12.4. The van der Waals surface area contributed by atoms with E-state index in [0.29, 0.717) is 41.6 Å². The molecule has 0 aliphatic carbocycles. The molecule has 0 spiro atoms. The molecule has 39 heavy (non-hydrogen) atoms. The summed E-state index contributed by atoms with van der Waals surface area (Å²) in [6.45, 7) is 2.47. The second-order valence-electron chi connectivity index (χ2n) is 8.22. The molecule has 0 heterocycles. The molecule has 8 nitrogen and oxygen atoms in total. The van der Waals surface area contributed by atoms with Crippen molar-refractivity contribution in [3.8, 4) is 23.0 Å². The van der Waals surface area contributed by atoms with E-state index in [0.717, 1.165) is 5.56 Å². The van der Waals surface area contributed by atoms with Gasteiger partial charge in [0.1, 0.15) is 18.1 Å². The molecule has 4 aromatic carbocycles. The fourth-order valence-electron chi connectivity index (χ4n) is 3.42. The zero-order chi connectivity index (χ0) is 27.3. The first kappa shape index (κ1) is 26.9. The van der Waals surface area contributed by atoms with Crippen LogP contribution in [0.15, 0.2) is 108 Å². The van der Waals surface area contributed by atoms with Gasteiger partial charge in [-0.25, -0.2) is 10.2 Å². The van der Waals surface area contributed by atoms with E-state index in [1.807, 2.05) is 43.3 Å². The highest BCUT2D eigenvalue weighted by molar-refractivity contribution is 5.91. The van der Waals surface area contributed by atoms with E-state index in [9.17, 15) is 9.59 Å². The van der Waals surface area contributed by atoms with Crippen molar-refractivity contribution < 1.29 is 28.5 Å². The van der Waals surface area contributed by atoms with Gasteiger partial charge in [-0.3, -0.25) is 4.79 Å². The van der Waals surface area contributed by atoms with Gasteiger partial charge in [0.2, 0.25) is 0 Å². The standard InChI is InChI=1S/C31H28N2O6/c1-2-36-29-19-24(13-18-28(29)39-31(35)25-11-7-4-8-12-25)20-32-33-30(34)22-38-27-16-14-26(15-17-27)37-21-23-9-5-3-6-10-23/h3-20H,2,21-22H2,1H3,(H,33,34)/b32-20-. The zero-order valence-electron chi connectivity index (χ0n) is 21.4. The highest BCUT2D eigenvalue weighted by Crippen LogP contribution is 2.29. The Bertz CT molecular complexity index is 1390. The highest BCUT2D eigenvalue weighted by Gasteiger charge is 2.13. The first-order chi connectivity index (χ1) is 19.1. The minimum absolute atomic E-state index is 0.208. The molecule has 4 aromatic rings. The van der Waals surface area contributed by atoms with Crippen molar-refractivity contribution in [3.05, 3.63) is 120 Å². The number of benzene rings is 4. The number of carbonyl (C=O) groups excluding carboxylic acids is 2. The van der Waals surface area contributed by atoms with Gasteiger partial charge in [0, 0.05) is 0 Å². The van der Waals surface area contributed by atoms with E-state index >= 15 is 0 Å². The quantitative estimate of drug-likeness (QED) is 0.115. The van der Waals surface area contributed by atoms with Gasteiger partial charge in [-0.15, -0.1) is 0 Å². The summed E-state index contributed by atoms with van der Waals surface area (Å²) in [6.07, 6.45) is 1.46. The number of nitrogens with one attached hydrogen (secondary N) is 1. The summed E-state index contributed by atoms with van der Waals surface area (Å²) in [5.74, 6) is 0.998. The van der Waals surface area contributed by atoms with Gasteiger partial charge in [-0.05, 0) is 72.6 Å². The summed E-state index contributed by atoms with van der Waals surface area (Å²) < 4.78 is 22.4. The van der Waals surface area contributed by atoms with E-state index in [4.69, 9.17) is 18.9 Å². The average molecular weight is 525 g/mol. The molecule has 0 aliphatic heterocycles. The van der Waals surface area contributed by atoms with Crippen LogP contribution in [0.1, 0.15) is 28.4 Å². The molecule has 0 atom stereocenters. The van der Waals surface area contributed by atoms with Crippen molar-refractivity contribution in [1.29, 1.82) is 0 Å². The van der Waals surface area contributed by atoms with Gasteiger partial charge >= 0.3 is 5.97 Å². The van der Waals surface area contributed by atoms with Crippen LogP contribution in [0, 0.1) is 0 Å². The Morgan fingerprint density at radius 3 is 2.13 bits per heavy atom. The Labute approximate surface area is 226 Å². The lowest BCUT2D eigenvalue weighted by molar-refractivity contribution is -0.123. The summed E-state index contributed by atoms with van der Waals surface area (Å²) in [5, 5.41) is 3.97. The van der Waals surface area contributed by atoms with E-state index in [1.165, 1.54) is 6.21 Å². The largest absolute Gasteiger partial charge is 0.490 e. The van der Waals surface area contributed by atoms with Gasteiger partial charge in [0.15, 0.2) is 18.1 Å². The Kier molecular flexibility index (Phi) is 9.67. The summed E-state index contributed by atoms with van der Waals surface area (Å²) in [5.41, 5.74) is 4.58. The van der Waals surface area contributed by atoms with Crippen molar-refractivity contribution in [2.75, 3.05) is 13.2 Å². The fraction of sp³-hybridized carbons (Fsp3) is 0.129. The van der Waals surface area contributed by atoms with Crippen LogP contribution in [0.4, 0.5) is 0 Å². The lowest BCUT2D eigenvalue weighted by Crippen LogP contribution is -2.24. The smallest absolute Gasteiger partial charge is 0.343 e. The Hall–Kier alpha value is -5.11. The van der Waals surface area contributed by atoms with E-state index in [1.54, 1.807) is 66.7 Å². The Morgan fingerprint density at radius 2 is 1.44 bits per heavy atom. The zero-order valence-corrected chi connectivity index (χ0v) is 21.4. The van der Waals surface area contributed by atoms with Gasteiger partial charge in [-0.1, -0.05) is 48.5 Å². The van der Waals surface area contributed by atoms with E-state index in [2.05, 4.69) is 10.5 Å². The predicted octanol–water partition coefficient (Wildman–Crippen LogP) is 5.41. The van der Waals surface area contributed by atoms with Crippen molar-refractivity contribution in [2.45, 2.75) is 13.5 Å². The number of ether oxygens (including phenoxy) is 4. The average Bonchev–Trinajstić information content (AvgIpc) is 2.98. The van der Waals surface area contributed by atoms with Gasteiger partial charge in [0.25, 0.3) is 5.91 Å². The third-order valence-corrected chi connectivity index (χ3v) is 5.32. The first-order valence-corrected chi connectivity index (χ1v) is 12.4. The van der Waals surface area contributed by atoms with Crippen LogP contribution < -0.4 is 24.4 Å². The summed E-state index contributed by atoms with van der Waals surface area (Å²) in [6, 6.07) is 30.6. The first-order valence-electron chi connectivity index (χ1n) is 12.4. The topological polar surface area (TPSA) is 95.5 Å². The maximum Gasteiger partial charge on any atom is 0.343 e. The number of hydrogen-bond donors (Lipinski definition) is 1. The molecule has 0 aromatic heterocycles. The number of esters is 1. The van der Waals surface area contributed by atoms with Crippen LogP contribution in [-0.4, -0.2) is 31.3 Å². The lowest BCUT2D eigenvalue weighted by Gasteiger charge is -2.11. The molecule has 0 unspecified atom stereocenters. The SMILES string of the molecule is CCOc1cc(/C=N\NC(=O)COc2ccc(OCc3ccccc3)cc2)ccc1OC(=O)c1ccccc1. The number of rotatable bonds is 12. The van der Waals surface area contributed by atoms with Crippen LogP contribution >= 0.6 is 0 Å². The fourth-order valence-corrected chi connectivity index (χ4v) is 3.42. The summed E-state index contributed by atoms with van der Waals surface area (Å²) in [7, 11) is 0. The van der Waals surface area contributed by atoms with E-state index in [-0.39, 0.29) is 12.4 Å². The molecule has 8 heteroatoms. The molecule has 4 rings (SSSR count). The molecule has 198 valence electrons.